The molecule has 0 heterocycles. The largest absolute Gasteiger partial charge is 0.306 e. The molecule has 0 amide bonds. The zero-order valence-electron chi connectivity index (χ0n) is 4.63. The summed E-state index contributed by atoms with van der Waals surface area (Å²) in [6.07, 6.45) is 0. The molecule has 0 saturated heterocycles. The highest BCUT2D eigenvalue weighted by Gasteiger charge is 2.01. The quantitative estimate of drug-likeness (QED) is 0.491. The van der Waals surface area contributed by atoms with E-state index in [-0.39, 0.29) is 11.7 Å². The molecule has 0 aliphatic heterocycles. The molecule has 0 aromatic carbocycles. The molecule has 2 atom stereocenters. The first-order chi connectivity index (χ1) is 3.66. The maximum atomic E-state index is 10.0. The summed E-state index contributed by atoms with van der Waals surface area (Å²) in [5, 5.41) is 0. The van der Waals surface area contributed by atoms with Crippen molar-refractivity contribution in [2.45, 2.75) is 6.92 Å². The van der Waals surface area contributed by atoms with Crippen LogP contribution in [0.3, 0.4) is 0 Å². The van der Waals surface area contributed by atoms with Crippen LogP contribution in [0.1, 0.15) is 6.92 Å². The first-order valence-electron chi connectivity index (χ1n) is 2.30. The summed E-state index contributed by atoms with van der Waals surface area (Å²) in [5.41, 5.74) is 0. The van der Waals surface area contributed by atoms with Crippen molar-refractivity contribution in [2.75, 3.05) is 11.6 Å². The highest BCUT2D eigenvalue weighted by atomic mass is 35.5. The summed E-state index contributed by atoms with van der Waals surface area (Å²) in [7, 11) is 0. The van der Waals surface area contributed by atoms with Crippen molar-refractivity contribution in [2.24, 2.45) is 5.92 Å². The predicted molar refractivity (Wildman–Crippen MR) is 35.5 cm³/mol. The van der Waals surface area contributed by atoms with E-state index in [1.165, 1.54) is 0 Å². The summed E-state index contributed by atoms with van der Waals surface area (Å²) in [4.78, 5) is 0. The Labute approximate surface area is 56.5 Å². The van der Waals surface area contributed by atoms with E-state index in [0.717, 1.165) is 0 Å². The monoisotopic (exact) mass is 156 g/mol. The van der Waals surface area contributed by atoms with Gasteiger partial charge < -0.3 is 4.55 Å². The van der Waals surface area contributed by atoms with Gasteiger partial charge in [0.15, 0.2) is 11.1 Å². The molecule has 0 aliphatic rings. The van der Waals surface area contributed by atoms with Crippen LogP contribution in [0, 0.1) is 5.92 Å². The molecule has 0 aromatic heterocycles. The van der Waals surface area contributed by atoms with Gasteiger partial charge in [-0.2, -0.15) is 0 Å². The molecule has 8 heavy (non-hydrogen) atoms. The molecule has 0 aliphatic carbocycles. The summed E-state index contributed by atoms with van der Waals surface area (Å²) < 4.78 is 18.3. The minimum atomic E-state index is -1.68. The van der Waals surface area contributed by atoms with E-state index < -0.39 is 11.1 Å². The van der Waals surface area contributed by atoms with Gasteiger partial charge in [-0.3, -0.25) is 0 Å². The van der Waals surface area contributed by atoms with E-state index >= 15 is 0 Å². The van der Waals surface area contributed by atoms with Gasteiger partial charge in [0.2, 0.25) is 0 Å². The van der Waals surface area contributed by atoms with Gasteiger partial charge in [0, 0.05) is 5.88 Å². The van der Waals surface area contributed by atoms with Crippen molar-refractivity contribution >= 4 is 22.7 Å². The molecule has 2 unspecified atom stereocenters. The van der Waals surface area contributed by atoms with Crippen molar-refractivity contribution in [3.63, 3.8) is 0 Å². The highest BCUT2D eigenvalue weighted by molar-refractivity contribution is 7.79. The Balaban J connectivity index is 3.24. The SMILES string of the molecule is CC(CCl)CS(=O)O. The van der Waals surface area contributed by atoms with Crippen LogP contribution in [0.15, 0.2) is 0 Å². The lowest BCUT2D eigenvalue weighted by molar-refractivity contribution is 0.552. The molecule has 0 fully saturated rings. The molecule has 0 spiro atoms. The van der Waals surface area contributed by atoms with Gasteiger partial charge in [-0.25, -0.2) is 4.21 Å². The molecular weight excluding hydrogens is 148 g/mol. The number of hydrogen-bond donors (Lipinski definition) is 1. The maximum absolute atomic E-state index is 10.0. The lowest BCUT2D eigenvalue weighted by atomic mass is 10.3. The molecule has 50 valence electrons. The smallest absolute Gasteiger partial charge is 0.153 e. The van der Waals surface area contributed by atoms with Gasteiger partial charge in [-0.15, -0.1) is 11.6 Å². The average Bonchev–Trinajstić information content (AvgIpc) is 1.65. The van der Waals surface area contributed by atoms with Crippen molar-refractivity contribution in [1.29, 1.82) is 0 Å². The van der Waals surface area contributed by atoms with E-state index in [2.05, 4.69) is 0 Å². The zero-order valence-corrected chi connectivity index (χ0v) is 6.21. The Bertz CT molecular complexity index is 86.1. The molecular formula is C4H9ClO2S. The van der Waals surface area contributed by atoms with Crippen LogP contribution in [0.2, 0.25) is 0 Å². The summed E-state index contributed by atoms with van der Waals surface area (Å²) in [6.45, 7) is 1.83. The molecule has 0 aromatic rings. The third-order valence-corrected chi connectivity index (χ3v) is 2.07. The fourth-order valence-corrected chi connectivity index (χ4v) is 1.13. The maximum Gasteiger partial charge on any atom is 0.153 e. The Morgan fingerprint density at radius 1 is 1.88 bits per heavy atom. The van der Waals surface area contributed by atoms with E-state index in [0.29, 0.717) is 5.88 Å². The van der Waals surface area contributed by atoms with Gasteiger partial charge in [-0.1, -0.05) is 6.92 Å². The second-order valence-electron chi connectivity index (χ2n) is 1.75. The van der Waals surface area contributed by atoms with Gasteiger partial charge in [-0.05, 0) is 5.92 Å². The predicted octanol–water partition coefficient (Wildman–Crippen LogP) is 1.08. The highest BCUT2D eigenvalue weighted by Crippen LogP contribution is 1.98. The van der Waals surface area contributed by atoms with Crippen LogP contribution >= 0.6 is 11.6 Å². The second kappa shape index (κ2) is 4.30. The van der Waals surface area contributed by atoms with Crippen LogP contribution in [-0.4, -0.2) is 20.4 Å². The van der Waals surface area contributed by atoms with Gasteiger partial charge >= 0.3 is 0 Å². The molecule has 4 heteroatoms. The number of alkyl halides is 1. The summed E-state index contributed by atoms with van der Waals surface area (Å²) in [5.74, 6) is 0.873. The fourth-order valence-electron chi connectivity index (χ4n) is 0.288. The van der Waals surface area contributed by atoms with Gasteiger partial charge in [0.05, 0.1) is 5.75 Å². The summed E-state index contributed by atoms with van der Waals surface area (Å²) in [6, 6.07) is 0. The molecule has 0 rings (SSSR count). The van der Waals surface area contributed by atoms with E-state index in [1.807, 2.05) is 6.92 Å². The Kier molecular flexibility index (Phi) is 4.51. The fraction of sp³-hybridized carbons (Fsp3) is 1.00. The third-order valence-electron chi connectivity index (χ3n) is 0.691. The van der Waals surface area contributed by atoms with Crippen LogP contribution in [0.4, 0.5) is 0 Å². The topological polar surface area (TPSA) is 37.3 Å². The third kappa shape index (κ3) is 4.56. The van der Waals surface area contributed by atoms with Crippen LogP contribution in [0.25, 0.3) is 0 Å². The van der Waals surface area contributed by atoms with Crippen molar-refractivity contribution in [3.05, 3.63) is 0 Å². The number of hydrogen-bond acceptors (Lipinski definition) is 1. The zero-order chi connectivity index (χ0) is 6.57. The normalized spacial score (nSPS) is 17.9. The first kappa shape index (κ1) is 8.40. The first-order valence-corrected chi connectivity index (χ1v) is 4.11. The van der Waals surface area contributed by atoms with E-state index in [1.54, 1.807) is 0 Å². The lowest BCUT2D eigenvalue weighted by Crippen LogP contribution is -2.07. The molecule has 1 N–H and O–H groups in total. The van der Waals surface area contributed by atoms with Crippen molar-refractivity contribution < 1.29 is 8.76 Å². The van der Waals surface area contributed by atoms with E-state index in [9.17, 15) is 4.21 Å². The van der Waals surface area contributed by atoms with Gasteiger partial charge in [0.25, 0.3) is 0 Å². The molecule has 2 nitrogen and oxygen atoms in total. The van der Waals surface area contributed by atoms with Crippen molar-refractivity contribution in [3.8, 4) is 0 Å². The Morgan fingerprint density at radius 2 is 2.38 bits per heavy atom. The van der Waals surface area contributed by atoms with Crippen molar-refractivity contribution in [1.82, 2.24) is 0 Å². The second-order valence-corrected chi connectivity index (χ2v) is 3.03. The minimum Gasteiger partial charge on any atom is -0.306 e. The molecule has 0 bridgehead atoms. The number of halogens is 1. The van der Waals surface area contributed by atoms with Crippen LogP contribution in [-0.2, 0) is 11.1 Å². The average molecular weight is 157 g/mol. The lowest BCUT2D eigenvalue weighted by Gasteiger charge is -2.00. The standard InChI is InChI=1S/C4H9ClO2S/c1-4(2-5)3-8(6)7/h4H,2-3H2,1H3,(H,6,7). The van der Waals surface area contributed by atoms with Crippen LogP contribution < -0.4 is 0 Å². The van der Waals surface area contributed by atoms with Crippen LogP contribution in [0.5, 0.6) is 0 Å². The summed E-state index contributed by atoms with van der Waals surface area (Å²) >= 11 is 3.67. The number of rotatable bonds is 3. The Morgan fingerprint density at radius 3 is 2.50 bits per heavy atom. The Hall–Kier alpha value is 0.400. The van der Waals surface area contributed by atoms with Gasteiger partial charge in [0.1, 0.15) is 0 Å². The molecule has 0 radical (unpaired) electrons. The molecule has 0 saturated carbocycles. The minimum absolute atomic E-state index is 0.141. The van der Waals surface area contributed by atoms with E-state index in [4.69, 9.17) is 16.2 Å².